The van der Waals surface area contributed by atoms with Gasteiger partial charge in [0.25, 0.3) is 0 Å². The third-order valence-corrected chi connectivity index (χ3v) is 3.23. The summed E-state index contributed by atoms with van der Waals surface area (Å²) < 4.78 is 5.91. The topological polar surface area (TPSA) is 71.1 Å². The standard InChI is InChI=1S/C14H21N3O2/c1-2-7-17(10-14(15)16-18)9-12-8-11-5-3-4-6-13(11)19-12/h3-6,12,18H,2,7-10H2,1H3,(H2,15,16). The Bertz CT molecular complexity index is 423. The number of oxime groups is 1. The van der Waals surface area contributed by atoms with Crippen LogP contribution in [0.2, 0.25) is 0 Å². The molecule has 0 saturated carbocycles. The molecule has 0 fully saturated rings. The number of para-hydroxylation sites is 1. The van der Waals surface area contributed by atoms with Crippen LogP contribution in [0.1, 0.15) is 18.9 Å². The number of hydrogen-bond acceptors (Lipinski definition) is 4. The van der Waals surface area contributed by atoms with E-state index < -0.39 is 0 Å². The SMILES string of the molecule is CCCN(CC(N)=NO)CC1Cc2ccccc2O1. The fourth-order valence-electron chi connectivity index (χ4n) is 2.46. The van der Waals surface area contributed by atoms with Crippen LogP contribution in [-0.4, -0.2) is 41.7 Å². The largest absolute Gasteiger partial charge is 0.488 e. The number of ether oxygens (including phenoxy) is 1. The number of benzene rings is 1. The Balaban J connectivity index is 1.92. The summed E-state index contributed by atoms with van der Waals surface area (Å²) in [4.78, 5) is 2.16. The summed E-state index contributed by atoms with van der Waals surface area (Å²) >= 11 is 0. The first kappa shape index (κ1) is 13.7. The number of hydrogen-bond donors (Lipinski definition) is 2. The average Bonchev–Trinajstić information content (AvgIpc) is 2.80. The molecule has 1 unspecified atom stereocenters. The van der Waals surface area contributed by atoms with Crippen LogP contribution in [0.15, 0.2) is 29.4 Å². The normalized spacial score (nSPS) is 18.4. The molecule has 0 aliphatic carbocycles. The van der Waals surface area contributed by atoms with Crippen LogP contribution in [0.25, 0.3) is 0 Å². The van der Waals surface area contributed by atoms with Gasteiger partial charge in [-0.3, -0.25) is 4.90 Å². The molecular weight excluding hydrogens is 242 g/mol. The maximum absolute atomic E-state index is 8.66. The summed E-state index contributed by atoms with van der Waals surface area (Å²) in [6, 6.07) is 8.12. The maximum atomic E-state index is 8.66. The van der Waals surface area contributed by atoms with Crippen molar-refractivity contribution in [1.82, 2.24) is 4.90 Å². The van der Waals surface area contributed by atoms with Gasteiger partial charge in [-0.15, -0.1) is 0 Å². The second-order valence-electron chi connectivity index (χ2n) is 4.88. The van der Waals surface area contributed by atoms with Crippen LogP contribution >= 0.6 is 0 Å². The molecule has 0 bridgehead atoms. The predicted molar refractivity (Wildman–Crippen MR) is 74.7 cm³/mol. The van der Waals surface area contributed by atoms with E-state index in [1.807, 2.05) is 18.2 Å². The molecule has 2 rings (SSSR count). The minimum Gasteiger partial charge on any atom is -0.488 e. The molecule has 1 atom stereocenters. The van der Waals surface area contributed by atoms with Gasteiger partial charge in [0, 0.05) is 13.0 Å². The molecule has 5 heteroatoms. The van der Waals surface area contributed by atoms with E-state index in [0.717, 1.165) is 31.7 Å². The van der Waals surface area contributed by atoms with E-state index in [4.69, 9.17) is 15.7 Å². The van der Waals surface area contributed by atoms with E-state index in [2.05, 4.69) is 23.0 Å². The molecule has 0 amide bonds. The highest BCUT2D eigenvalue weighted by atomic mass is 16.5. The fraction of sp³-hybridized carbons (Fsp3) is 0.500. The van der Waals surface area contributed by atoms with Crippen LogP contribution in [0, 0.1) is 0 Å². The Hall–Kier alpha value is -1.75. The van der Waals surface area contributed by atoms with Gasteiger partial charge in [0.15, 0.2) is 5.84 Å². The number of rotatable bonds is 6. The lowest BCUT2D eigenvalue weighted by Crippen LogP contribution is -2.40. The maximum Gasteiger partial charge on any atom is 0.153 e. The van der Waals surface area contributed by atoms with Gasteiger partial charge < -0.3 is 15.7 Å². The lowest BCUT2D eigenvalue weighted by molar-refractivity contribution is 0.160. The third kappa shape index (κ3) is 3.61. The highest BCUT2D eigenvalue weighted by molar-refractivity contribution is 5.81. The first-order valence-electron chi connectivity index (χ1n) is 6.66. The van der Waals surface area contributed by atoms with E-state index in [1.54, 1.807) is 0 Å². The second-order valence-corrected chi connectivity index (χ2v) is 4.88. The van der Waals surface area contributed by atoms with Crippen molar-refractivity contribution in [1.29, 1.82) is 0 Å². The number of nitrogens with zero attached hydrogens (tertiary/aromatic N) is 2. The first-order chi connectivity index (χ1) is 9.22. The summed E-state index contributed by atoms with van der Waals surface area (Å²) in [5, 5.41) is 11.7. The molecule has 1 aliphatic heterocycles. The van der Waals surface area contributed by atoms with Crippen molar-refractivity contribution in [3.63, 3.8) is 0 Å². The summed E-state index contributed by atoms with van der Waals surface area (Å²) in [5.41, 5.74) is 6.84. The zero-order chi connectivity index (χ0) is 13.7. The molecule has 1 heterocycles. The van der Waals surface area contributed by atoms with Crippen molar-refractivity contribution >= 4 is 5.84 Å². The average molecular weight is 263 g/mol. The molecule has 0 radical (unpaired) electrons. The lowest BCUT2D eigenvalue weighted by atomic mass is 10.1. The lowest BCUT2D eigenvalue weighted by Gasteiger charge is -2.24. The molecule has 3 N–H and O–H groups in total. The number of nitrogens with two attached hydrogens (primary N) is 1. The molecule has 0 saturated heterocycles. The highest BCUT2D eigenvalue weighted by Crippen LogP contribution is 2.28. The zero-order valence-electron chi connectivity index (χ0n) is 11.2. The number of fused-ring (bicyclic) bond motifs is 1. The molecule has 0 aromatic heterocycles. The Kier molecular flexibility index (Phi) is 4.63. The molecule has 1 aromatic rings. The number of amidine groups is 1. The third-order valence-electron chi connectivity index (χ3n) is 3.23. The van der Waals surface area contributed by atoms with E-state index in [9.17, 15) is 0 Å². The van der Waals surface area contributed by atoms with E-state index in [-0.39, 0.29) is 11.9 Å². The van der Waals surface area contributed by atoms with Crippen LogP contribution in [0.5, 0.6) is 5.75 Å². The van der Waals surface area contributed by atoms with Crippen molar-refractivity contribution in [2.24, 2.45) is 10.9 Å². The quantitative estimate of drug-likeness (QED) is 0.353. The summed E-state index contributed by atoms with van der Waals surface area (Å²) in [7, 11) is 0. The smallest absolute Gasteiger partial charge is 0.153 e. The van der Waals surface area contributed by atoms with E-state index >= 15 is 0 Å². The van der Waals surface area contributed by atoms with Crippen LogP contribution in [0.4, 0.5) is 0 Å². The van der Waals surface area contributed by atoms with Crippen molar-refractivity contribution in [2.75, 3.05) is 19.6 Å². The molecule has 104 valence electrons. The molecule has 0 spiro atoms. The van der Waals surface area contributed by atoms with Crippen molar-refractivity contribution in [3.8, 4) is 5.75 Å². The van der Waals surface area contributed by atoms with Gasteiger partial charge in [-0.25, -0.2) is 0 Å². The minimum atomic E-state index is 0.149. The summed E-state index contributed by atoms with van der Waals surface area (Å²) in [5.74, 6) is 1.22. The Morgan fingerprint density at radius 3 is 3.00 bits per heavy atom. The Morgan fingerprint density at radius 2 is 2.32 bits per heavy atom. The molecular formula is C14H21N3O2. The molecule has 19 heavy (non-hydrogen) atoms. The Morgan fingerprint density at radius 1 is 1.53 bits per heavy atom. The van der Waals surface area contributed by atoms with Crippen LogP contribution < -0.4 is 10.5 Å². The van der Waals surface area contributed by atoms with Gasteiger partial charge in [0.05, 0.1) is 6.54 Å². The van der Waals surface area contributed by atoms with Gasteiger partial charge in [-0.1, -0.05) is 30.3 Å². The second kappa shape index (κ2) is 6.43. The summed E-state index contributed by atoms with van der Waals surface area (Å²) in [6.45, 7) is 4.29. The predicted octanol–water partition coefficient (Wildman–Crippen LogP) is 1.45. The van der Waals surface area contributed by atoms with Crippen LogP contribution in [-0.2, 0) is 6.42 Å². The molecule has 1 aromatic carbocycles. The highest BCUT2D eigenvalue weighted by Gasteiger charge is 2.24. The minimum absolute atomic E-state index is 0.149. The molecule has 5 nitrogen and oxygen atoms in total. The van der Waals surface area contributed by atoms with Crippen molar-refractivity contribution in [2.45, 2.75) is 25.9 Å². The van der Waals surface area contributed by atoms with Crippen molar-refractivity contribution in [3.05, 3.63) is 29.8 Å². The van der Waals surface area contributed by atoms with Gasteiger partial charge in [0.2, 0.25) is 0 Å². The Labute approximate surface area is 113 Å². The fourth-order valence-corrected chi connectivity index (χ4v) is 2.46. The van der Waals surface area contributed by atoms with Gasteiger partial charge >= 0.3 is 0 Å². The monoisotopic (exact) mass is 263 g/mol. The zero-order valence-corrected chi connectivity index (χ0v) is 11.2. The van der Waals surface area contributed by atoms with Crippen molar-refractivity contribution < 1.29 is 9.94 Å². The van der Waals surface area contributed by atoms with E-state index in [0.29, 0.717) is 6.54 Å². The molecule has 1 aliphatic rings. The van der Waals surface area contributed by atoms with Gasteiger partial charge in [0.1, 0.15) is 11.9 Å². The first-order valence-corrected chi connectivity index (χ1v) is 6.66. The van der Waals surface area contributed by atoms with Gasteiger partial charge in [-0.2, -0.15) is 0 Å². The summed E-state index contributed by atoms with van der Waals surface area (Å²) in [6.07, 6.45) is 2.10. The van der Waals surface area contributed by atoms with Gasteiger partial charge in [-0.05, 0) is 24.6 Å². The van der Waals surface area contributed by atoms with E-state index in [1.165, 1.54) is 5.56 Å². The van der Waals surface area contributed by atoms with Crippen LogP contribution in [0.3, 0.4) is 0 Å².